The molecule has 0 N–H and O–H groups in total. The van der Waals surface area contributed by atoms with E-state index in [-0.39, 0.29) is 5.41 Å². The summed E-state index contributed by atoms with van der Waals surface area (Å²) in [5, 5.41) is 0. The van der Waals surface area contributed by atoms with Crippen molar-refractivity contribution in [3.8, 4) is 0 Å². The molecule has 0 atom stereocenters. The number of allylic oxidation sites excluding steroid dienone is 3. The first-order chi connectivity index (χ1) is 5.14. The molecule has 0 saturated heterocycles. The van der Waals surface area contributed by atoms with Gasteiger partial charge in [0.1, 0.15) is 0 Å². The number of rotatable bonds is 1. The maximum atomic E-state index is 4.98. The Hall–Kier alpha value is -1.05. The van der Waals surface area contributed by atoms with Gasteiger partial charge in [-0.15, -0.1) is 0 Å². The van der Waals surface area contributed by atoms with E-state index in [1.807, 2.05) is 18.4 Å². The highest BCUT2D eigenvalue weighted by molar-refractivity contribution is 5.69. The maximum absolute atomic E-state index is 4.98. The molecule has 0 radical (unpaired) electrons. The monoisotopic (exact) mass is 151 g/mol. The summed E-state index contributed by atoms with van der Waals surface area (Å²) in [7, 11) is 1.62. The molecule has 2 nitrogen and oxygen atoms in total. The zero-order valence-corrected chi connectivity index (χ0v) is 7.16. The van der Waals surface area contributed by atoms with Crippen molar-refractivity contribution in [1.29, 1.82) is 0 Å². The molecule has 0 aliphatic carbocycles. The minimum absolute atomic E-state index is 0.0385. The Kier molecular flexibility index (Phi) is 2.13. The molecule has 0 spiro atoms. The van der Waals surface area contributed by atoms with E-state index in [9.17, 15) is 0 Å². The SMILES string of the molecule is COC1=CC=CC(C)(C)C=N1. The fraction of sp³-hybridized carbons (Fsp3) is 0.444. The Morgan fingerprint density at radius 1 is 1.45 bits per heavy atom. The number of hydrogen-bond donors (Lipinski definition) is 0. The molecule has 0 bridgehead atoms. The van der Waals surface area contributed by atoms with Gasteiger partial charge in [-0.3, -0.25) is 0 Å². The normalized spacial score (nSPS) is 20.8. The molecule has 2 heteroatoms. The van der Waals surface area contributed by atoms with E-state index in [0.29, 0.717) is 5.88 Å². The van der Waals surface area contributed by atoms with E-state index >= 15 is 0 Å². The van der Waals surface area contributed by atoms with E-state index < -0.39 is 0 Å². The highest BCUT2D eigenvalue weighted by Gasteiger charge is 2.11. The second-order valence-corrected chi connectivity index (χ2v) is 3.15. The minimum atomic E-state index is 0.0385. The van der Waals surface area contributed by atoms with Crippen LogP contribution in [0.25, 0.3) is 0 Å². The first kappa shape index (κ1) is 8.05. The van der Waals surface area contributed by atoms with E-state index in [2.05, 4.69) is 24.9 Å². The summed E-state index contributed by atoms with van der Waals surface area (Å²) in [6, 6.07) is 0. The second kappa shape index (κ2) is 2.91. The van der Waals surface area contributed by atoms with Gasteiger partial charge in [-0.1, -0.05) is 26.0 Å². The van der Waals surface area contributed by atoms with E-state index in [0.717, 1.165) is 0 Å². The van der Waals surface area contributed by atoms with Crippen LogP contribution in [0, 0.1) is 5.41 Å². The van der Waals surface area contributed by atoms with Gasteiger partial charge in [-0.25, -0.2) is 4.99 Å². The largest absolute Gasteiger partial charge is 0.481 e. The average molecular weight is 151 g/mol. The predicted octanol–water partition coefficient (Wildman–Crippen LogP) is 2.14. The summed E-state index contributed by atoms with van der Waals surface area (Å²) < 4.78 is 4.98. The molecule has 0 aromatic heterocycles. The van der Waals surface area contributed by atoms with Crippen LogP contribution >= 0.6 is 0 Å². The van der Waals surface area contributed by atoms with Crippen LogP contribution < -0.4 is 0 Å². The van der Waals surface area contributed by atoms with Gasteiger partial charge in [0.2, 0.25) is 5.88 Å². The molecule has 0 unspecified atom stereocenters. The van der Waals surface area contributed by atoms with Gasteiger partial charge in [0.25, 0.3) is 0 Å². The van der Waals surface area contributed by atoms with Crippen LogP contribution in [-0.2, 0) is 4.74 Å². The van der Waals surface area contributed by atoms with Gasteiger partial charge in [0.15, 0.2) is 0 Å². The second-order valence-electron chi connectivity index (χ2n) is 3.15. The standard InChI is InChI=1S/C9H13NO/c1-9(2)6-4-5-8(11-3)10-7-9/h4-7H,1-3H3. The van der Waals surface area contributed by atoms with Crippen molar-refractivity contribution in [2.24, 2.45) is 10.4 Å². The van der Waals surface area contributed by atoms with Gasteiger partial charge in [-0.2, -0.15) is 0 Å². The van der Waals surface area contributed by atoms with Crippen LogP contribution in [0.5, 0.6) is 0 Å². The Morgan fingerprint density at radius 3 is 2.82 bits per heavy atom. The molecule has 0 aromatic rings. The first-order valence-corrected chi connectivity index (χ1v) is 3.63. The summed E-state index contributed by atoms with van der Waals surface area (Å²) in [6.07, 6.45) is 7.78. The van der Waals surface area contributed by atoms with Crippen LogP contribution in [0.3, 0.4) is 0 Å². The summed E-state index contributed by atoms with van der Waals surface area (Å²) in [5.41, 5.74) is 0.0385. The van der Waals surface area contributed by atoms with Crippen LogP contribution in [0.4, 0.5) is 0 Å². The quantitative estimate of drug-likeness (QED) is 0.562. The molecule has 1 heterocycles. The van der Waals surface area contributed by atoms with Gasteiger partial charge in [0, 0.05) is 11.6 Å². The zero-order valence-electron chi connectivity index (χ0n) is 7.16. The minimum Gasteiger partial charge on any atom is -0.481 e. The van der Waals surface area contributed by atoms with Gasteiger partial charge in [0.05, 0.1) is 7.11 Å². The van der Waals surface area contributed by atoms with Crippen molar-refractivity contribution < 1.29 is 4.74 Å². The first-order valence-electron chi connectivity index (χ1n) is 3.63. The Bertz CT molecular complexity index is 224. The van der Waals surface area contributed by atoms with Crippen molar-refractivity contribution in [2.75, 3.05) is 7.11 Å². The third-order valence-electron chi connectivity index (χ3n) is 1.50. The van der Waals surface area contributed by atoms with E-state index in [1.165, 1.54) is 0 Å². The fourth-order valence-corrected chi connectivity index (χ4v) is 0.815. The average Bonchev–Trinajstić information content (AvgIpc) is 2.10. The highest BCUT2D eigenvalue weighted by Crippen LogP contribution is 2.17. The summed E-state index contributed by atoms with van der Waals surface area (Å²) in [4.78, 5) is 4.15. The van der Waals surface area contributed by atoms with Crippen molar-refractivity contribution in [3.63, 3.8) is 0 Å². The van der Waals surface area contributed by atoms with Gasteiger partial charge < -0.3 is 4.74 Å². The highest BCUT2D eigenvalue weighted by atomic mass is 16.5. The summed E-state index contributed by atoms with van der Waals surface area (Å²) in [5.74, 6) is 0.659. The molecule has 0 aromatic carbocycles. The fourth-order valence-electron chi connectivity index (χ4n) is 0.815. The lowest BCUT2D eigenvalue weighted by molar-refractivity contribution is 0.289. The third kappa shape index (κ3) is 2.22. The number of hydrogen-bond acceptors (Lipinski definition) is 2. The molecular formula is C9H13NO. The third-order valence-corrected chi connectivity index (χ3v) is 1.50. The van der Waals surface area contributed by atoms with Crippen molar-refractivity contribution in [1.82, 2.24) is 0 Å². The maximum Gasteiger partial charge on any atom is 0.212 e. The van der Waals surface area contributed by atoms with Crippen LogP contribution in [0.2, 0.25) is 0 Å². The summed E-state index contributed by atoms with van der Waals surface area (Å²) in [6.45, 7) is 4.19. The Labute approximate surface area is 67.3 Å². The lowest BCUT2D eigenvalue weighted by Gasteiger charge is -2.10. The lowest BCUT2D eigenvalue weighted by atomic mass is 9.95. The van der Waals surface area contributed by atoms with Crippen molar-refractivity contribution >= 4 is 6.21 Å². The topological polar surface area (TPSA) is 21.6 Å². The molecule has 1 rings (SSSR count). The van der Waals surface area contributed by atoms with Crippen molar-refractivity contribution in [3.05, 3.63) is 24.1 Å². The van der Waals surface area contributed by atoms with Crippen LogP contribution in [-0.4, -0.2) is 13.3 Å². The van der Waals surface area contributed by atoms with Crippen molar-refractivity contribution in [2.45, 2.75) is 13.8 Å². The smallest absolute Gasteiger partial charge is 0.212 e. The Balaban J connectivity index is 2.83. The molecule has 0 fully saturated rings. The van der Waals surface area contributed by atoms with Crippen LogP contribution in [0.1, 0.15) is 13.8 Å². The number of ether oxygens (including phenoxy) is 1. The molecule has 0 amide bonds. The number of methoxy groups -OCH3 is 1. The Morgan fingerprint density at radius 2 is 2.18 bits per heavy atom. The molecule has 1 aliphatic heterocycles. The van der Waals surface area contributed by atoms with E-state index in [4.69, 9.17) is 4.74 Å². The van der Waals surface area contributed by atoms with Gasteiger partial charge in [-0.05, 0) is 6.08 Å². The molecule has 60 valence electrons. The van der Waals surface area contributed by atoms with Gasteiger partial charge >= 0.3 is 0 Å². The van der Waals surface area contributed by atoms with E-state index in [1.54, 1.807) is 7.11 Å². The predicted molar refractivity (Wildman–Crippen MR) is 46.5 cm³/mol. The summed E-state index contributed by atoms with van der Waals surface area (Å²) >= 11 is 0. The number of aliphatic imine (C=N–C) groups is 1. The zero-order chi connectivity index (χ0) is 8.32. The van der Waals surface area contributed by atoms with Crippen LogP contribution in [0.15, 0.2) is 29.1 Å². The molecule has 11 heavy (non-hydrogen) atoms. The molecular weight excluding hydrogens is 138 g/mol. The molecule has 1 aliphatic rings. The molecule has 0 saturated carbocycles. The number of nitrogens with zero attached hydrogens (tertiary/aromatic N) is 1. The lowest BCUT2D eigenvalue weighted by Crippen LogP contribution is -2.07.